The third-order valence-corrected chi connectivity index (χ3v) is 3.49. The number of hydrogen-bond acceptors (Lipinski definition) is 3. The van der Waals surface area contributed by atoms with E-state index < -0.39 is 10.8 Å². The van der Waals surface area contributed by atoms with Crippen LogP contribution in [-0.2, 0) is 10.8 Å². The molecule has 1 aromatic heterocycles. The van der Waals surface area contributed by atoms with Gasteiger partial charge in [0, 0.05) is 17.3 Å². The number of methoxy groups -OCH3 is 1. The molecular weight excluding hydrogens is 222 g/mol. The average Bonchev–Trinajstić information content (AvgIpc) is 2.39. The third-order valence-electron chi connectivity index (χ3n) is 2.12. The molecule has 0 bridgehead atoms. The molecule has 0 aliphatic heterocycles. The minimum Gasteiger partial charge on any atom is -0.497 e. The van der Waals surface area contributed by atoms with E-state index in [2.05, 4.69) is 4.98 Å². The van der Waals surface area contributed by atoms with Gasteiger partial charge < -0.3 is 4.74 Å². The van der Waals surface area contributed by atoms with Crippen molar-refractivity contribution in [2.24, 2.45) is 0 Å². The van der Waals surface area contributed by atoms with Crippen LogP contribution >= 0.6 is 0 Å². The molecule has 0 fully saturated rings. The summed E-state index contributed by atoms with van der Waals surface area (Å²) < 4.78 is 17.1. The molecule has 0 aliphatic rings. The first kappa shape index (κ1) is 10.8. The van der Waals surface area contributed by atoms with E-state index in [-0.39, 0.29) is 0 Å². The lowest BCUT2D eigenvalue weighted by atomic mass is 10.3. The van der Waals surface area contributed by atoms with Gasteiger partial charge in [-0.2, -0.15) is 0 Å². The van der Waals surface area contributed by atoms with Crippen molar-refractivity contribution in [3.05, 3.63) is 48.8 Å². The SMILES string of the molecule is COc1ccc(S(=O)c2cccnc2)cc1. The van der Waals surface area contributed by atoms with Crippen LogP contribution in [-0.4, -0.2) is 16.3 Å². The smallest absolute Gasteiger partial charge is 0.118 e. The summed E-state index contributed by atoms with van der Waals surface area (Å²) in [6.45, 7) is 0. The Kier molecular flexibility index (Phi) is 3.31. The van der Waals surface area contributed by atoms with E-state index in [1.54, 1.807) is 55.9 Å². The standard InChI is InChI=1S/C12H11NO2S/c1-15-10-4-6-11(7-5-10)16(14)12-3-2-8-13-9-12/h2-9H,1H3. The van der Waals surface area contributed by atoms with E-state index in [1.165, 1.54) is 0 Å². The largest absolute Gasteiger partial charge is 0.497 e. The summed E-state index contributed by atoms with van der Waals surface area (Å²) in [7, 11) is 0.429. The molecule has 0 saturated carbocycles. The maximum atomic E-state index is 12.1. The van der Waals surface area contributed by atoms with Gasteiger partial charge in [-0.1, -0.05) is 0 Å². The van der Waals surface area contributed by atoms with Crippen LogP contribution in [0.2, 0.25) is 0 Å². The molecule has 2 aromatic rings. The molecule has 0 radical (unpaired) electrons. The van der Waals surface area contributed by atoms with Gasteiger partial charge in [0.25, 0.3) is 0 Å². The minimum atomic E-state index is -1.18. The van der Waals surface area contributed by atoms with Gasteiger partial charge in [0.05, 0.1) is 22.8 Å². The van der Waals surface area contributed by atoms with Gasteiger partial charge in [0.15, 0.2) is 0 Å². The predicted octanol–water partition coefficient (Wildman–Crippen LogP) is 2.26. The zero-order chi connectivity index (χ0) is 11.4. The Hall–Kier alpha value is -1.68. The van der Waals surface area contributed by atoms with Crippen molar-refractivity contribution in [3.63, 3.8) is 0 Å². The van der Waals surface area contributed by atoms with E-state index in [0.29, 0.717) is 4.90 Å². The number of ether oxygens (including phenoxy) is 1. The number of pyridine rings is 1. The maximum absolute atomic E-state index is 12.1. The molecule has 1 heterocycles. The summed E-state index contributed by atoms with van der Waals surface area (Å²) in [5, 5.41) is 0. The maximum Gasteiger partial charge on any atom is 0.118 e. The van der Waals surface area contributed by atoms with Crippen LogP contribution in [0.1, 0.15) is 0 Å². The lowest BCUT2D eigenvalue weighted by molar-refractivity contribution is 0.414. The fourth-order valence-corrected chi connectivity index (χ4v) is 2.31. The fraction of sp³-hybridized carbons (Fsp3) is 0.0833. The predicted molar refractivity (Wildman–Crippen MR) is 61.9 cm³/mol. The van der Waals surface area contributed by atoms with E-state index in [4.69, 9.17) is 4.74 Å². The molecule has 3 nitrogen and oxygen atoms in total. The van der Waals surface area contributed by atoms with Crippen LogP contribution in [0.4, 0.5) is 0 Å². The second kappa shape index (κ2) is 4.90. The number of aromatic nitrogens is 1. The van der Waals surface area contributed by atoms with Crippen molar-refractivity contribution in [1.29, 1.82) is 0 Å². The highest BCUT2D eigenvalue weighted by atomic mass is 32.2. The number of rotatable bonds is 3. The highest BCUT2D eigenvalue weighted by Crippen LogP contribution is 2.18. The number of hydrogen-bond donors (Lipinski definition) is 0. The molecule has 4 heteroatoms. The van der Waals surface area contributed by atoms with Gasteiger partial charge >= 0.3 is 0 Å². The van der Waals surface area contributed by atoms with Gasteiger partial charge in [0.2, 0.25) is 0 Å². The van der Waals surface area contributed by atoms with Crippen LogP contribution in [0.25, 0.3) is 0 Å². The molecule has 0 aliphatic carbocycles. The molecule has 1 atom stereocenters. The summed E-state index contributed by atoms with van der Waals surface area (Å²) in [5.41, 5.74) is 0. The Morgan fingerprint density at radius 1 is 1.12 bits per heavy atom. The normalized spacial score (nSPS) is 12.1. The fourth-order valence-electron chi connectivity index (χ4n) is 1.29. The Bertz CT molecular complexity index is 482. The molecule has 0 N–H and O–H groups in total. The summed E-state index contributed by atoms with van der Waals surface area (Å²) in [6.07, 6.45) is 3.27. The Balaban J connectivity index is 2.28. The van der Waals surface area contributed by atoms with E-state index in [9.17, 15) is 4.21 Å². The van der Waals surface area contributed by atoms with Gasteiger partial charge in [-0.3, -0.25) is 4.98 Å². The van der Waals surface area contributed by atoms with Crippen LogP contribution < -0.4 is 4.74 Å². The molecule has 0 spiro atoms. The minimum absolute atomic E-state index is 0.702. The zero-order valence-electron chi connectivity index (χ0n) is 8.79. The zero-order valence-corrected chi connectivity index (χ0v) is 9.61. The highest BCUT2D eigenvalue weighted by Gasteiger charge is 2.06. The monoisotopic (exact) mass is 233 g/mol. The Morgan fingerprint density at radius 3 is 2.44 bits per heavy atom. The van der Waals surface area contributed by atoms with Crippen molar-refractivity contribution in [2.75, 3.05) is 7.11 Å². The highest BCUT2D eigenvalue weighted by molar-refractivity contribution is 7.85. The van der Waals surface area contributed by atoms with E-state index in [0.717, 1.165) is 10.6 Å². The van der Waals surface area contributed by atoms with Crippen molar-refractivity contribution < 1.29 is 8.95 Å². The average molecular weight is 233 g/mol. The summed E-state index contributed by atoms with van der Waals surface area (Å²) in [4.78, 5) is 5.39. The number of benzene rings is 1. The first-order valence-electron chi connectivity index (χ1n) is 4.77. The molecule has 0 amide bonds. The van der Waals surface area contributed by atoms with Gasteiger partial charge in [0.1, 0.15) is 5.75 Å². The lowest BCUT2D eigenvalue weighted by Crippen LogP contribution is -1.93. The lowest BCUT2D eigenvalue weighted by Gasteiger charge is -2.03. The van der Waals surface area contributed by atoms with Gasteiger partial charge in [-0.15, -0.1) is 0 Å². The van der Waals surface area contributed by atoms with E-state index in [1.807, 2.05) is 0 Å². The molecule has 0 saturated heterocycles. The second-order valence-electron chi connectivity index (χ2n) is 3.13. The molecule has 2 rings (SSSR count). The van der Waals surface area contributed by atoms with Crippen LogP contribution in [0, 0.1) is 0 Å². The third kappa shape index (κ3) is 2.28. The first-order valence-corrected chi connectivity index (χ1v) is 5.92. The quantitative estimate of drug-likeness (QED) is 0.816. The van der Waals surface area contributed by atoms with Crippen molar-refractivity contribution in [3.8, 4) is 5.75 Å². The Labute approximate surface area is 96.6 Å². The van der Waals surface area contributed by atoms with Crippen molar-refractivity contribution in [1.82, 2.24) is 4.98 Å². The molecule has 1 unspecified atom stereocenters. The topological polar surface area (TPSA) is 39.2 Å². The summed E-state index contributed by atoms with van der Waals surface area (Å²) >= 11 is 0. The summed E-state index contributed by atoms with van der Waals surface area (Å²) in [6, 6.07) is 10.8. The second-order valence-corrected chi connectivity index (χ2v) is 4.61. The van der Waals surface area contributed by atoms with Gasteiger partial charge in [-0.25, -0.2) is 4.21 Å². The van der Waals surface area contributed by atoms with Crippen molar-refractivity contribution in [2.45, 2.75) is 9.79 Å². The first-order chi connectivity index (χ1) is 7.81. The summed E-state index contributed by atoms with van der Waals surface area (Å²) in [5.74, 6) is 0.756. The molecular formula is C12H11NO2S. The molecule has 82 valence electrons. The Morgan fingerprint density at radius 2 is 1.88 bits per heavy atom. The van der Waals surface area contributed by atoms with Crippen LogP contribution in [0.5, 0.6) is 5.75 Å². The van der Waals surface area contributed by atoms with Crippen LogP contribution in [0.15, 0.2) is 58.6 Å². The molecule has 16 heavy (non-hydrogen) atoms. The van der Waals surface area contributed by atoms with Crippen LogP contribution in [0.3, 0.4) is 0 Å². The van der Waals surface area contributed by atoms with Crippen molar-refractivity contribution >= 4 is 10.8 Å². The van der Waals surface area contributed by atoms with E-state index >= 15 is 0 Å². The number of nitrogens with zero attached hydrogens (tertiary/aromatic N) is 1. The van der Waals surface area contributed by atoms with Gasteiger partial charge in [-0.05, 0) is 36.4 Å². The molecule has 1 aromatic carbocycles.